The lowest BCUT2D eigenvalue weighted by atomic mass is 10.1. The Bertz CT molecular complexity index is 525. The molecule has 1 unspecified atom stereocenters. The van der Waals surface area contributed by atoms with Gasteiger partial charge in [0.05, 0.1) is 5.75 Å². The Balaban J connectivity index is 1.78. The first kappa shape index (κ1) is 13.4. The summed E-state index contributed by atoms with van der Waals surface area (Å²) in [6.07, 6.45) is 2.25. The lowest BCUT2D eigenvalue weighted by Crippen LogP contribution is -2.33. The molecule has 0 bridgehead atoms. The first-order chi connectivity index (χ1) is 8.44. The third-order valence-electron chi connectivity index (χ3n) is 2.98. The Morgan fingerprint density at radius 1 is 1.44 bits per heavy atom. The van der Waals surface area contributed by atoms with Crippen molar-refractivity contribution in [1.82, 2.24) is 5.32 Å². The van der Waals surface area contributed by atoms with E-state index in [0.717, 1.165) is 12.2 Å². The number of fused-ring (bicyclic) bond motifs is 1. The minimum Gasteiger partial charge on any atom is -0.488 e. The second kappa shape index (κ2) is 5.28. The van der Waals surface area contributed by atoms with E-state index in [2.05, 4.69) is 18.3 Å². The molecular formula is C13H19NO3S. The van der Waals surface area contributed by atoms with E-state index in [1.807, 2.05) is 12.1 Å². The van der Waals surface area contributed by atoms with Crippen molar-refractivity contribution in [1.29, 1.82) is 0 Å². The lowest BCUT2D eigenvalue weighted by Gasteiger charge is -2.11. The quantitative estimate of drug-likeness (QED) is 0.808. The second-order valence-corrected chi connectivity index (χ2v) is 7.15. The molecule has 0 spiro atoms. The van der Waals surface area contributed by atoms with Crippen molar-refractivity contribution >= 4 is 9.84 Å². The molecule has 1 aromatic carbocycles. The van der Waals surface area contributed by atoms with E-state index in [0.29, 0.717) is 13.1 Å². The van der Waals surface area contributed by atoms with Gasteiger partial charge in [-0.15, -0.1) is 0 Å². The molecular weight excluding hydrogens is 250 g/mol. The molecule has 0 radical (unpaired) electrons. The third-order valence-corrected chi connectivity index (χ3v) is 3.92. The Morgan fingerprint density at radius 2 is 2.22 bits per heavy atom. The minimum atomic E-state index is -2.88. The van der Waals surface area contributed by atoms with Crippen molar-refractivity contribution in [3.05, 3.63) is 29.3 Å². The van der Waals surface area contributed by atoms with Crippen LogP contribution in [0, 0.1) is 6.92 Å². The van der Waals surface area contributed by atoms with E-state index in [9.17, 15) is 8.42 Å². The normalized spacial score (nSPS) is 18.4. The van der Waals surface area contributed by atoms with Crippen molar-refractivity contribution in [2.45, 2.75) is 19.4 Å². The predicted molar refractivity (Wildman–Crippen MR) is 71.9 cm³/mol. The molecule has 1 aliphatic heterocycles. The summed E-state index contributed by atoms with van der Waals surface area (Å²) in [6.45, 7) is 3.23. The molecule has 5 heteroatoms. The summed E-state index contributed by atoms with van der Waals surface area (Å²) in [4.78, 5) is 0. The highest BCUT2D eigenvalue weighted by Crippen LogP contribution is 2.29. The van der Waals surface area contributed by atoms with Crippen LogP contribution < -0.4 is 10.1 Å². The van der Waals surface area contributed by atoms with Gasteiger partial charge in [-0.3, -0.25) is 0 Å². The van der Waals surface area contributed by atoms with Gasteiger partial charge in [0.25, 0.3) is 0 Å². The molecule has 0 aliphatic carbocycles. The van der Waals surface area contributed by atoms with Crippen molar-refractivity contribution in [3.8, 4) is 5.75 Å². The number of rotatable bonds is 5. The van der Waals surface area contributed by atoms with Crippen molar-refractivity contribution in [2.24, 2.45) is 0 Å². The molecule has 100 valence electrons. The van der Waals surface area contributed by atoms with Crippen molar-refractivity contribution in [3.63, 3.8) is 0 Å². The third kappa shape index (κ3) is 3.71. The average Bonchev–Trinajstić information content (AvgIpc) is 2.65. The van der Waals surface area contributed by atoms with Crippen LogP contribution in [-0.4, -0.2) is 39.6 Å². The molecule has 0 amide bonds. The summed E-state index contributed by atoms with van der Waals surface area (Å²) in [5.74, 6) is 1.13. The number of hydrogen-bond donors (Lipinski definition) is 1. The average molecular weight is 269 g/mol. The molecule has 4 nitrogen and oxygen atoms in total. The van der Waals surface area contributed by atoms with Gasteiger partial charge in [-0.05, 0) is 18.6 Å². The van der Waals surface area contributed by atoms with Crippen LogP contribution in [0.2, 0.25) is 0 Å². The Kier molecular flexibility index (Phi) is 3.92. The lowest BCUT2D eigenvalue weighted by molar-refractivity contribution is 0.229. The summed E-state index contributed by atoms with van der Waals surface area (Å²) in [6, 6.07) is 6.19. The molecule has 0 saturated heterocycles. The van der Waals surface area contributed by atoms with Gasteiger partial charge in [0.2, 0.25) is 0 Å². The zero-order valence-corrected chi connectivity index (χ0v) is 11.6. The van der Waals surface area contributed by atoms with E-state index >= 15 is 0 Å². The maximum Gasteiger partial charge on any atom is 0.148 e. The maximum atomic E-state index is 11.0. The van der Waals surface area contributed by atoms with Crippen LogP contribution in [-0.2, 0) is 16.3 Å². The first-order valence-corrected chi connectivity index (χ1v) is 8.15. The van der Waals surface area contributed by atoms with Gasteiger partial charge in [0, 0.05) is 25.8 Å². The largest absolute Gasteiger partial charge is 0.488 e. The minimum absolute atomic E-state index is 0.112. The van der Waals surface area contributed by atoms with Gasteiger partial charge in [0.15, 0.2) is 0 Å². The van der Waals surface area contributed by atoms with E-state index in [-0.39, 0.29) is 11.9 Å². The molecule has 1 aliphatic rings. The highest BCUT2D eigenvalue weighted by atomic mass is 32.2. The van der Waals surface area contributed by atoms with E-state index in [1.54, 1.807) is 0 Å². The van der Waals surface area contributed by atoms with Crippen molar-refractivity contribution < 1.29 is 13.2 Å². The number of benzene rings is 1. The number of ether oxygens (including phenoxy) is 1. The number of nitrogens with one attached hydrogen (secondary N) is 1. The standard InChI is InChI=1S/C13H19NO3S/c1-10-3-4-13-11(7-10)8-12(17-13)9-14-5-6-18(2,15)16/h3-4,7,12,14H,5-6,8-9H2,1-2H3. The van der Waals surface area contributed by atoms with Gasteiger partial charge in [-0.25, -0.2) is 8.42 Å². The van der Waals surface area contributed by atoms with Crippen LogP contribution in [0.25, 0.3) is 0 Å². The summed E-state index contributed by atoms with van der Waals surface area (Å²) in [5.41, 5.74) is 2.48. The summed E-state index contributed by atoms with van der Waals surface area (Å²) in [5, 5.41) is 3.13. The van der Waals surface area contributed by atoms with E-state index < -0.39 is 9.84 Å². The van der Waals surface area contributed by atoms with Gasteiger partial charge in [-0.2, -0.15) is 0 Å². The predicted octanol–water partition coefficient (Wildman–Crippen LogP) is 0.933. The monoisotopic (exact) mass is 269 g/mol. The van der Waals surface area contributed by atoms with Crippen LogP contribution in [0.3, 0.4) is 0 Å². The molecule has 1 N–H and O–H groups in total. The molecule has 18 heavy (non-hydrogen) atoms. The Labute approximate surface area is 108 Å². The van der Waals surface area contributed by atoms with Gasteiger partial charge in [-0.1, -0.05) is 17.7 Å². The fraction of sp³-hybridized carbons (Fsp3) is 0.538. The van der Waals surface area contributed by atoms with Gasteiger partial charge in [0.1, 0.15) is 21.7 Å². The zero-order chi connectivity index (χ0) is 13.2. The Morgan fingerprint density at radius 3 is 2.94 bits per heavy atom. The first-order valence-electron chi connectivity index (χ1n) is 6.09. The Hall–Kier alpha value is -1.07. The second-order valence-electron chi connectivity index (χ2n) is 4.89. The molecule has 1 atom stereocenters. The van der Waals surface area contributed by atoms with Crippen LogP contribution in [0.5, 0.6) is 5.75 Å². The fourth-order valence-electron chi connectivity index (χ4n) is 2.08. The highest BCUT2D eigenvalue weighted by molar-refractivity contribution is 7.90. The molecule has 1 heterocycles. The zero-order valence-electron chi connectivity index (χ0n) is 10.8. The molecule has 0 saturated carbocycles. The summed E-state index contributed by atoms with van der Waals surface area (Å²) < 4.78 is 27.7. The molecule has 0 fully saturated rings. The van der Waals surface area contributed by atoms with Crippen LogP contribution in [0.15, 0.2) is 18.2 Å². The van der Waals surface area contributed by atoms with Crippen LogP contribution in [0.1, 0.15) is 11.1 Å². The molecule has 0 aromatic heterocycles. The summed E-state index contributed by atoms with van der Waals surface area (Å²) >= 11 is 0. The SMILES string of the molecule is Cc1ccc2c(c1)CC(CNCCS(C)(=O)=O)O2. The van der Waals surface area contributed by atoms with Crippen LogP contribution in [0.4, 0.5) is 0 Å². The van der Waals surface area contributed by atoms with Gasteiger partial charge >= 0.3 is 0 Å². The fourth-order valence-corrected chi connectivity index (χ4v) is 2.60. The van der Waals surface area contributed by atoms with E-state index in [4.69, 9.17) is 4.74 Å². The van der Waals surface area contributed by atoms with Crippen molar-refractivity contribution in [2.75, 3.05) is 25.1 Å². The number of hydrogen-bond acceptors (Lipinski definition) is 4. The molecule has 2 rings (SSSR count). The summed E-state index contributed by atoms with van der Waals surface area (Å²) in [7, 11) is -2.88. The van der Waals surface area contributed by atoms with Gasteiger partial charge < -0.3 is 10.1 Å². The maximum absolute atomic E-state index is 11.0. The number of sulfone groups is 1. The smallest absolute Gasteiger partial charge is 0.148 e. The van der Waals surface area contributed by atoms with Crippen LogP contribution >= 0.6 is 0 Å². The van der Waals surface area contributed by atoms with E-state index in [1.165, 1.54) is 17.4 Å². The molecule has 1 aromatic rings. The highest BCUT2D eigenvalue weighted by Gasteiger charge is 2.22. The topological polar surface area (TPSA) is 55.4 Å². The number of aryl methyl sites for hydroxylation is 1.